The smallest absolute Gasteiger partial charge is 0.247 e. The van der Waals surface area contributed by atoms with E-state index >= 15 is 0 Å². The highest BCUT2D eigenvalue weighted by Gasteiger charge is 2.10. The van der Waals surface area contributed by atoms with Crippen molar-refractivity contribution in [3.8, 4) is 11.5 Å². The summed E-state index contributed by atoms with van der Waals surface area (Å²) >= 11 is 6.08. The van der Waals surface area contributed by atoms with Gasteiger partial charge in [-0.25, -0.2) is 0 Å². The van der Waals surface area contributed by atoms with E-state index in [1.807, 2.05) is 54.6 Å². The quantitative estimate of drug-likeness (QED) is 0.743. The molecule has 1 aromatic heterocycles. The summed E-state index contributed by atoms with van der Waals surface area (Å²) in [6.07, 6.45) is 0.939. The summed E-state index contributed by atoms with van der Waals surface area (Å²) in [5.74, 6) is 0.727. The van der Waals surface area contributed by atoms with Gasteiger partial charge in [0.05, 0.1) is 6.54 Å². The van der Waals surface area contributed by atoms with Crippen molar-refractivity contribution in [1.82, 2.24) is 15.5 Å². The second-order valence-electron chi connectivity index (χ2n) is 5.24. The van der Waals surface area contributed by atoms with Gasteiger partial charge < -0.3 is 9.73 Å². The van der Waals surface area contributed by atoms with E-state index in [9.17, 15) is 4.79 Å². The molecule has 0 aliphatic carbocycles. The number of hydrogen-bond donors (Lipinski definition) is 1. The monoisotopic (exact) mass is 341 g/mol. The van der Waals surface area contributed by atoms with Gasteiger partial charge in [-0.2, -0.15) is 0 Å². The zero-order chi connectivity index (χ0) is 16.8. The fourth-order valence-electron chi connectivity index (χ4n) is 2.23. The SMILES string of the molecule is O=C(CCc1ccccc1Cl)NCc1nnc(-c2ccccc2)o1. The number of carbonyl (C=O) groups is 1. The molecule has 0 bridgehead atoms. The Hall–Kier alpha value is -2.66. The highest BCUT2D eigenvalue weighted by Crippen LogP contribution is 2.17. The average Bonchev–Trinajstić information content (AvgIpc) is 3.09. The summed E-state index contributed by atoms with van der Waals surface area (Å²) in [7, 11) is 0. The summed E-state index contributed by atoms with van der Waals surface area (Å²) in [4.78, 5) is 11.9. The van der Waals surface area contributed by atoms with Crippen LogP contribution in [0, 0.1) is 0 Å². The Morgan fingerprint density at radius 2 is 1.79 bits per heavy atom. The Morgan fingerprint density at radius 1 is 1.04 bits per heavy atom. The first kappa shape index (κ1) is 16.2. The van der Waals surface area contributed by atoms with Crippen LogP contribution in [0.4, 0.5) is 0 Å². The van der Waals surface area contributed by atoms with Gasteiger partial charge in [0.1, 0.15) is 0 Å². The van der Waals surface area contributed by atoms with E-state index in [0.717, 1.165) is 11.1 Å². The third-order valence-electron chi connectivity index (χ3n) is 3.50. The molecule has 0 atom stereocenters. The largest absolute Gasteiger partial charge is 0.419 e. The van der Waals surface area contributed by atoms with Crippen LogP contribution in [0.1, 0.15) is 17.9 Å². The molecular formula is C18H16ClN3O2. The van der Waals surface area contributed by atoms with Gasteiger partial charge in [0.2, 0.25) is 17.7 Å². The predicted octanol–water partition coefficient (Wildman–Crippen LogP) is 3.64. The molecule has 0 aliphatic rings. The first-order valence-corrected chi connectivity index (χ1v) is 7.98. The zero-order valence-corrected chi connectivity index (χ0v) is 13.7. The Balaban J connectivity index is 1.50. The number of carbonyl (C=O) groups excluding carboxylic acids is 1. The van der Waals surface area contributed by atoms with Crippen LogP contribution in [0.5, 0.6) is 0 Å². The van der Waals surface area contributed by atoms with Crippen molar-refractivity contribution in [2.24, 2.45) is 0 Å². The van der Waals surface area contributed by atoms with Gasteiger partial charge in [-0.05, 0) is 30.2 Å². The molecule has 2 aromatic carbocycles. The minimum absolute atomic E-state index is 0.0885. The maximum atomic E-state index is 11.9. The number of aromatic nitrogens is 2. The molecule has 0 unspecified atom stereocenters. The van der Waals surface area contributed by atoms with Crippen LogP contribution in [-0.2, 0) is 17.8 Å². The number of halogens is 1. The number of hydrogen-bond acceptors (Lipinski definition) is 4. The van der Waals surface area contributed by atoms with Gasteiger partial charge in [-0.15, -0.1) is 10.2 Å². The molecular weight excluding hydrogens is 326 g/mol. The second kappa shape index (κ2) is 7.75. The molecule has 0 aliphatic heterocycles. The van der Waals surface area contributed by atoms with Crippen molar-refractivity contribution in [3.05, 3.63) is 71.1 Å². The van der Waals surface area contributed by atoms with Crippen LogP contribution in [0.25, 0.3) is 11.5 Å². The molecule has 3 rings (SSSR count). The Labute approximate surface area is 144 Å². The number of nitrogens with zero attached hydrogens (tertiary/aromatic N) is 2. The van der Waals surface area contributed by atoms with Crippen LogP contribution in [0.2, 0.25) is 5.02 Å². The fourth-order valence-corrected chi connectivity index (χ4v) is 2.46. The van der Waals surface area contributed by atoms with Crippen LogP contribution < -0.4 is 5.32 Å². The molecule has 5 nitrogen and oxygen atoms in total. The molecule has 3 aromatic rings. The summed E-state index contributed by atoms with van der Waals surface area (Å²) in [5.41, 5.74) is 1.81. The van der Waals surface area contributed by atoms with Crippen molar-refractivity contribution in [3.63, 3.8) is 0 Å². The lowest BCUT2D eigenvalue weighted by Crippen LogP contribution is -2.23. The molecule has 122 valence electrons. The minimum atomic E-state index is -0.0885. The summed E-state index contributed by atoms with van der Waals surface area (Å²) in [6, 6.07) is 17.0. The van der Waals surface area contributed by atoms with Crippen LogP contribution >= 0.6 is 11.6 Å². The van der Waals surface area contributed by atoms with E-state index in [0.29, 0.717) is 29.6 Å². The summed E-state index contributed by atoms with van der Waals surface area (Å²) in [6.45, 7) is 0.210. The lowest BCUT2D eigenvalue weighted by molar-refractivity contribution is -0.121. The van der Waals surface area contributed by atoms with E-state index in [-0.39, 0.29) is 12.5 Å². The van der Waals surface area contributed by atoms with Gasteiger partial charge in [0.25, 0.3) is 0 Å². The van der Waals surface area contributed by atoms with E-state index < -0.39 is 0 Å². The highest BCUT2D eigenvalue weighted by molar-refractivity contribution is 6.31. The Bertz CT molecular complexity index is 818. The molecule has 0 fully saturated rings. The maximum Gasteiger partial charge on any atom is 0.247 e. The first-order valence-electron chi connectivity index (χ1n) is 7.60. The molecule has 0 radical (unpaired) electrons. The number of amides is 1. The predicted molar refractivity (Wildman–Crippen MR) is 91.4 cm³/mol. The molecule has 0 saturated carbocycles. The Kier molecular flexibility index (Phi) is 5.23. The van der Waals surface area contributed by atoms with Gasteiger partial charge in [0.15, 0.2) is 0 Å². The standard InChI is InChI=1S/C18H16ClN3O2/c19-15-9-5-4-6-13(15)10-11-16(23)20-12-17-21-22-18(24-17)14-7-2-1-3-8-14/h1-9H,10-12H2,(H,20,23). The highest BCUT2D eigenvalue weighted by atomic mass is 35.5. The topological polar surface area (TPSA) is 68.0 Å². The molecule has 1 heterocycles. The van der Waals surface area contributed by atoms with Crippen LogP contribution in [0.15, 0.2) is 59.0 Å². The molecule has 0 saturated heterocycles. The first-order chi connectivity index (χ1) is 11.7. The van der Waals surface area contributed by atoms with E-state index in [1.165, 1.54) is 0 Å². The third kappa shape index (κ3) is 4.20. The van der Waals surface area contributed by atoms with Crippen LogP contribution in [0.3, 0.4) is 0 Å². The fraction of sp³-hybridized carbons (Fsp3) is 0.167. The van der Waals surface area contributed by atoms with Gasteiger partial charge in [0, 0.05) is 17.0 Å². The van der Waals surface area contributed by atoms with Gasteiger partial charge in [-0.3, -0.25) is 4.79 Å². The summed E-state index contributed by atoms with van der Waals surface area (Å²) in [5, 5.41) is 11.4. The third-order valence-corrected chi connectivity index (χ3v) is 3.87. The lowest BCUT2D eigenvalue weighted by atomic mass is 10.1. The molecule has 0 spiro atoms. The van der Waals surface area contributed by atoms with Crippen molar-refractivity contribution in [2.45, 2.75) is 19.4 Å². The zero-order valence-electron chi connectivity index (χ0n) is 12.9. The number of benzene rings is 2. The molecule has 24 heavy (non-hydrogen) atoms. The number of aryl methyl sites for hydroxylation is 1. The van der Waals surface area contributed by atoms with Crippen molar-refractivity contribution >= 4 is 17.5 Å². The molecule has 1 N–H and O–H groups in total. The van der Waals surface area contributed by atoms with E-state index in [4.69, 9.17) is 16.0 Å². The summed E-state index contributed by atoms with van der Waals surface area (Å²) < 4.78 is 5.54. The number of nitrogens with one attached hydrogen (secondary N) is 1. The van der Waals surface area contributed by atoms with E-state index in [1.54, 1.807) is 0 Å². The van der Waals surface area contributed by atoms with Gasteiger partial charge in [-0.1, -0.05) is 48.0 Å². The van der Waals surface area contributed by atoms with Gasteiger partial charge >= 0.3 is 0 Å². The Morgan fingerprint density at radius 3 is 2.58 bits per heavy atom. The molecule has 6 heteroatoms. The molecule has 1 amide bonds. The van der Waals surface area contributed by atoms with Crippen LogP contribution in [-0.4, -0.2) is 16.1 Å². The minimum Gasteiger partial charge on any atom is -0.419 e. The lowest BCUT2D eigenvalue weighted by Gasteiger charge is -2.04. The van der Waals surface area contributed by atoms with E-state index in [2.05, 4.69) is 15.5 Å². The second-order valence-corrected chi connectivity index (χ2v) is 5.64. The van der Waals surface area contributed by atoms with Crippen molar-refractivity contribution < 1.29 is 9.21 Å². The average molecular weight is 342 g/mol. The number of rotatable bonds is 6. The van der Waals surface area contributed by atoms with Crippen molar-refractivity contribution in [1.29, 1.82) is 0 Å². The maximum absolute atomic E-state index is 11.9. The normalized spacial score (nSPS) is 10.5. The van der Waals surface area contributed by atoms with Crippen molar-refractivity contribution in [2.75, 3.05) is 0 Å².